The van der Waals surface area contributed by atoms with E-state index in [2.05, 4.69) is 24.3 Å². The van der Waals surface area contributed by atoms with Gasteiger partial charge in [-0.3, -0.25) is 0 Å². The average Bonchev–Trinajstić information content (AvgIpc) is 3.59. The summed E-state index contributed by atoms with van der Waals surface area (Å²) in [6.07, 6.45) is 1.60. The van der Waals surface area contributed by atoms with E-state index in [1.165, 1.54) is 0 Å². The van der Waals surface area contributed by atoms with E-state index in [1.807, 2.05) is 103 Å². The maximum Gasteiger partial charge on any atom is 0.344 e. The largest absolute Gasteiger partial charge is 0.489 e. The second kappa shape index (κ2) is 11.4. The number of benzene rings is 5. The number of aromatic nitrogens is 4. The van der Waals surface area contributed by atoms with Gasteiger partial charge < -0.3 is 13.9 Å². The number of para-hydroxylation sites is 1. The quantitative estimate of drug-likeness (QED) is 0.171. The Morgan fingerprint density at radius 1 is 0.729 bits per heavy atom. The molecule has 0 fully saturated rings. The van der Waals surface area contributed by atoms with Crippen molar-refractivity contribution in [1.82, 2.24) is 19.6 Å². The molecule has 5 aromatic carbocycles. The number of ether oxygens (including phenoxy) is 2. The van der Waals surface area contributed by atoms with Crippen LogP contribution in [-0.2, 0) is 6.61 Å². The van der Waals surface area contributed by atoms with Gasteiger partial charge in [-0.25, -0.2) is 19.3 Å². The van der Waals surface area contributed by atoms with Crippen LogP contribution in [0, 0.1) is 0 Å². The van der Waals surface area contributed by atoms with Gasteiger partial charge in [-0.15, -0.1) is 5.10 Å². The summed E-state index contributed by atoms with van der Waals surface area (Å²) in [5.74, 6) is 1.34. The molecule has 0 amide bonds. The molecular weight excluding hydrogens is 600 g/mol. The molecule has 3 aromatic heterocycles. The highest BCUT2D eigenvalue weighted by Crippen LogP contribution is 2.49. The molecule has 0 saturated carbocycles. The molecule has 1 unspecified atom stereocenters. The van der Waals surface area contributed by atoms with E-state index in [-0.39, 0.29) is 0 Å². The van der Waals surface area contributed by atoms with Crippen molar-refractivity contribution in [3.8, 4) is 39.9 Å². The summed E-state index contributed by atoms with van der Waals surface area (Å²) >= 11 is 0. The van der Waals surface area contributed by atoms with Crippen molar-refractivity contribution in [3.63, 3.8) is 0 Å². The number of hydrogen-bond acceptors (Lipinski definition) is 7. The lowest BCUT2D eigenvalue weighted by Crippen LogP contribution is -2.22. The zero-order valence-electron chi connectivity index (χ0n) is 25.5. The Morgan fingerprint density at radius 3 is 2.29 bits per heavy atom. The predicted molar refractivity (Wildman–Crippen MR) is 182 cm³/mol. The molecule has 8 heteroatoms. The Kier molecular flexibility index (Phi) is 6.57. The minimum absolute atomic E-state index is 0.352. The first-order valence-electron chi connectivity index (χ1n) is 15.6. The normalized spacial score (nSPS) is 13.5. The molecular formula is C40H26N4O4. The van der Waals surface area contributed by atoms with E-state index >= 15 is 0 Å². The molecule has 0 radical (unpaired) electrons. The Balaban J connectivity index is 1.19. The highest BCUT2D eigenvalue weighted by Gasteiger charge is 2.37. The van der Waals surface area contributed by atoms with Crippen LogP contribution in [-0.4, -0.2) is 19.6 Å². The van der Waals surface area contributed by atoms with Crippen molar-refractivity contribution < 1.29 is 13.9 Å². The van der Waals surface area contributed by atoms with Crippen molar-refractivity contribution in [1.29, 1.82) is 0 Å². The summed E-state index contributed by atoms with van der Waals surface area (Å²) in [5, 5.41) is 5.47. The standard InChI is InChI=1S/C40H26N4O4/c45-40-34-33(29-14-9-15-30(22-29)46-23-25-10-3-1-4-11-25)35-38-42-37(28-20-18-27(19-21-28)26-12-5-2-6-13-26)43-44(38)24-41-39(35)48-36(34)31-16-7-8-17-32(31)47-40/h1-22,24,33H,23H2. The molecule has 48 heavy (non-hydrogen) atoms. The zero-order valence-corrected chi connectivity index (χ0v) is 25.5. The summed E-state index contributed by atoms with van der Waals surface area (Å²) in [4.78, 5) is 23.5. The topological polar surface area (TPSA) is 91.8 Å². The summed E-state index contributed by atoms with van der Waals surface area (Å²) < 4.78 is 20.2. The van der Waals surface area contributed by atoms with Gasteiger partial charge in [0.2, 0.25) is 5.88 Å². The van der Waals surface area contributed by atoms with Gasteiger partial charge in [-0.1, -0.05) is 109 Å². The first-order valence-corrected chi connectivity index (χ1v) is 15.6. The van der Waals surface area contributed by atoms with Crippen LogP contribution in [0.5, 0.6) is 17.4 Å². The van der Waals surface area contributed by atoms with Crippen molar-refractivity contribution >= 4 is 16.6 Å². The zero-order chi connectivity index (χ0) is 32.0. The van der Waals surface area contributed by atoms with Gasteiger partial charge in [0.05, 0.1) is 22.4 Å². The maximum absolute atomic E-state index is 13.8. The van der Waals surface area contributed by atoms with Crippen molar-refractivity contribution in [2.24, 2.45) is 0 Å². The van der Waals surface area contributed by atoms with Gasteiger partial charge in [-0.05, 0) is 46.5 Å². The van der Waals surface area contributed by atoms with Gasteiger partial charge >= 0.3 is 5.63 Å². The van der Waals surface area contributed by atoms with Crippen LogP contribution in [0.25, 0.3) is 39.1 Å². The molecule has 8 nitrogen and oxygen atoms in total. The highest BCUT2D eigenvalue weighted by atomic mass is 16.5. The molecule has 0 N–H and O–H groups in total. The molecule has 230 valence electrons. The number of nitrogens with zero attached hydrogens (tertiary/aromatic N) is 4. The van der Waals surface area contributed by atoms with E-state index in [0.717, 1.165) is 27.8 Å². The minimum Gasteiger partial charge on any atom is -0.489 e. The molecule has 0 saturated heterocycles. The lowest BCUT2D eigenvalue weighted by atomic mass is 9.84. The van der Waals surface area contributed by atoms with Gasteiger partial charge in [0.25, 0.3) is 0 Å². The number of hydrogen-bond donors (Lipinski definition) is 0. The van der Waals surface area contributed by atoms with E-state index < -0.39 is 11.5 Å². The second-order valence-corrected chi connectivity index (χ2v) is 11.6. The van der Waals surface area contributed by atoms with Crippen LogP contribution in [0.3, 0.4) is 0 Å². The van der Waals surface area contributed by atoms with Gasteiger partial charge in [-0.2, -0.15) is 0 Å². The smallest absolute Gasteiger partial charge is 0.344 e. The van der Waals surface area contributed by atoms with Crippen LogP contribution >= 0.6 is 0 Å². The van der Waals surface area contributed by atoms with Gasteiger partial charge in [0.1, 0.15) is 24.3 Å². The molecule has 1 aliphatic heterocycles. The fraction of sp³-hybridized carbons (Fsp3) is 0.0500. The average molecular weight is 627 g/mol. The molecule has 4 heterocycles. The summed E-state index contributed by atoms with van der Waals surface area (Å²) in [7, 11) is 0. The summed E-state index contributed by atoms with van der Waals surface area (Å²) in [6.45, 7) is 0.403. The third-order valence-electron chi connectivity index (χ3n) is 8.65. The summed E-state index contributed by atoms with van der Waals surface area (Å²) in [5.41, 5.74) is 6.40. The molecule has 9 rings (SSSR count). The highest BCUT2D eigenvalue weighted by molar-refractivity contribution is 5.87. The van der Waals surface area contributed by atoms with Crippen molar-refractivity contribution in [2.45, 2.75) is 12.5 Å². The Morgan fingerprint density at radius 2 is 1.46 bits per heavy atom. The van der Waals surface area contributed by atoms with E-state index in [1.54, 1.807) is 16.9 Å². The fourth-order valence-corrected chi connectivity index (χ4v) is 6.35. The summed E-state index contributed by atoms with van der Waals surface area (Å²) in [6, 6.07) is 43.4. The van der Waals surface area contributed by atoms with E-state index in [9.17, 15) is 4.79 Å². The van der Waals surface area contributed by atoms with Gasteiger partial charge in [0.15, 0.2) is 17.2 Å². The molecule has 1 aliphatic rings. The van der Waals surface area contributed by atoms with Crippen LogP contribution in [0.15, 0.2) is 149 Å². The second-order valence-electron chi connectivity index (χ2n) is 11.6. The first kappa shape index (κ1) is 27.7. The fourth-order valence-electron chi connectivity index (χ4n) is 6.35. The molecule has 0 aliphatic carbocycles. The van der Waals surface area contributed by atoms with Crippen LogP contribution in [0.4, 0.5) is 0 Å². The lowest BCUT2D eigenvalue weighted by molar-refractivity contribution is 0.306. The maximum atomic E-state index is 13.8. The Bertz CT molecular complexity index is 2510. The molecule has 0 bridgehead atoms. The molecule has 0 spiro atoms. The minimum atomic E-state index is -0.626. The van der Waals surface area contributed by atoms with Crippen molar-refractivity contribution in [3.05, 3.63) is 172 Å². The van der Waals surface area contributed by atoms with Gasteiger partial charge in [0, 0.05) is 5.56 Å². The number of fused-ring (bicyclic) bond motifs is 6. The van der Waals surface area contributed by atoms with Crippen LogP contribution < -0.4 is 15.1 Å². The monoisotopic (exact) mass is 626 g/mol. The van der Waals surface area contributed by atoms with E-state index in [4.69, 9.17) is 29.0 Å². The van der Waals surface area contributed by atoms with Crippen LogP contribution in [0.1, 0.15) is 28.2 Å². The SMILES string of the molecule is O=c1oc2ccccc2c2c1C(c1cccc(OCc3ccccc3)c1)c1c(ncn3nc(-c4ccc(-c5ccccc5)cc4)nc13)O2. The lowest BCUT2D eigenvalue weighted by Gasteiger charge is -2.27. The Hall–Kier alpha value is -6.54. The Labute approximate surface area is 274 Å². The number of rotatable bonds is 6. The van der Waals surface area contributed by atoms with Crippen LogP contribution in [0.2, 0.25) is 0 Å². The molecule has 1 atom stereocenters. The third-order valence-corrected chi connectivity index (χ3v) is 8.65. The third kappa shape index (κ3) is 4.78. The van der Waals surface area contributed by atoms with Crippen molar-refractivity contribution in [2.75, 3.05) is 0 Å². The predicted octanol–water partition coefficient (Wildman–Crippen LogP) is 8.43. The first-order chi connectivity index (χ1) is 23.7. The van der Waals surface area contributed by atoms with E-state index in [0.29, 0.717) is 57.6 Å². The molecule has 8 aromatic rings.